The lowest BCUT2D eigenvalue weighted by molar-refractivity contribution is -0.133. The molecule has 142 valence electrons. The van der Waals surface area contributed by atoms with Crippen LogP contribution in [-0.4, -0.2) is 29.8 Å². The molecule has 1 N–H and O–H groups in total. The van der Waals surface area contributed by atoms with E-state index in [1.807, 2.05) is 32.0 Å². The molecule has 27 heavy (non-hydrogen) atoms. The van der Waals surface area contributed by atoms with Crippen LogP contribution in [0.15, 0.2) is 42.5 Å². The average Bonchev–Trinajstić information content (AvgIpc) is 2.67. The molecule has 2 amide bonds. The van der Waals surface area contributed by atoms with Crippen LogP contribution in [0.25, 0.3) is 0 Å². The third kappa shape index (κ3) is 4.73. The molecule has 1 aliphatic heterocycles. The molecule has 0 spiro atoms. The van der Waals surface area contributed by atoms with Gasteiger partial charge in [-0.05, 0) is 61.6 Å². The molecule has 0 aliphatic carbocycles. The lowest BCUT2D eigenvalue weighted by Crippen LogP contribution is -2.42. The van der Waals surface area contributed by atoms with Gasteiger partial charge >= 0.3 is 0 Å². The number of likely N-dealkylation sites (tertiary alicyclic amines) is 1. The maximum Gasteiger partial charge on any atom is 0.227 e. The van der Waals surface area contributed by atoms with E-state index in [4.69, 9.17) is 0 Å². The summed E-state index contributed by atoms with van der Waals surface area (Å²) in [4.78, 5) is 26.8. The monoisotopic (exact) mass is 368 g/mol. The highest BCUT2D eigenvalue weighted by atomic mass is 19.1. The molecule has 1 aliphatic rings. The van der Waals surface area contributed by atoms with E-state index in [-0.39, 0.29) is 30.0 Å². The number of anilines is 1. The van der Waals surface area contributed by atoms with Crippen LogP contribution in [0.3, 0.4) is 0 Å². The maximum absolute atomic E-state index is 13.0. The number of hydrogen-bond donors (Lipinski definition) is 1. The molecule has 0 bridgehead atoms. The molecule has 0 atom stereocenters. The Morgan fingerprint density at radius 1 is 1.07 bits per heavy atom. The van der Waals surface area contributed by atoms with E-state index in [1.165, 1.54) is 12.1 Å². The topological polar surface area (TPSA) is 49.4 Å². The molecule has 2 aromatic rings. The second-order valence-corrected chi connectivity index (χ2v) is 7.20. The van der Waals surface area contributed by atoms with E-state index in [0.717, 1.165) is 22.4 Å². The molecule has 2 aromatic carbocycles. The van der Waals surface area contributed by atoms with Gasteiger partial charge in [0.05, 0.1) is 6.42 Å². The van der Waals surface area contributed by atoms with E-state index >= 15 is 0 Å². The number of hydrogen-bond acceptors (Lipinski definition) is 2. The molecular formula is C22H25FN2O2. The fourth-order valence-corrected chi connectivity index (χ4v) is 3.40. The van der Waals surface area contributed by atoms with Gasteiger partial charge in [-0.15, -0.1) is 0 Å². The van der Waals surface area contributed by atoms with E-state index in [0.29, 0.717) is 25.9 Å². The Labute approximate surface area is 159 Å². The number of carbonyl (C=O) groups excluding carboxylic acids is 2. The van der Waals surface area contributed by atoms with Crippen molar-refractivity contribution in [3.05, 3.63) is 65.0 Å². The predicted octanol–water partition coefficient (Wildman–Crippen LogP) is 3.86. The summed E-state index contributed by atoms with van der Waals surface area (Å²) in [7, 11) is 0. The van der Waals surface area contributed by atoms with Gasteiger partial charge in [-0.25, -0.2) is 4.39 Å². The number of halogens is 1. The van der Waals surface area contributed by atoms with E-state index in [2.05, 4.69) is 5.32 Å². The molecule has 0 aromatic heterocycles. The zero-order valence-electron chi connectivity index (χ0n) is 15.8. The van der Waals surface area contributed by atoms with Crippen molar-refractivity contribution in [3.63, 3.8) is 0 Å². The highest BCUT2D eigenvalue weighted by Crippen LogP contribution is 2.23. The highest BCUT2D eigenvalue weighted by molar-refractivity contribution is 5.93. The largest absolute Gasteiger partial charge is 0.342 e. The van der Waals surface area contributed by atoms with Crippen molar-refractivity contribution in [2.45, 2.75) is 33.1 Å². The van der Waals surface area contributed by atoms with Gasteiger partial charge in [0.2, 0.25) is 11.8 Å². The van der Waals surface area contributed by atoms with Crippen molar-refractivity contribution in [1.29, 1.82) is 0 Å². The number of benzene rings is 2. The lowest BCUT2D eigenvalue weighted by Gasteiger charge is -2.31. The van der Waals surface area contributed by atoms with Gasteiger partial charge in [-0.2, -0.15) is 0 Å². The van der Waals surface area contributed by atoms with Crippen molar-refractivity contribution in [3.8, 4) is 0 Å². The average molecular weight is 368 g/mol. The Bertz CT molecular complexity index is 825. The minimum absolute atomic E-state index is 0.0225. The number of rotatable bonds is 4. The molecular weight excluding hydrogens is 343 g/mol. The first-order valence-electron chi connectivity index (χ1n) is 9.33. The van der Waals surface area contributed by atoms with Crippen LogP contribution in [0.5, 0.6) is 0 Å². The minimum atomic E-state index is -0.304. The number of nitrogens with zero attached hydrogens (tertiary/aromatic N) is 1. The van der Waals surface area contributed by atoms with Crippen LogP contribution in [0, 0.1) is 25.6 Å². The summed E-state index contributed by atoms with van der Waals surface area (Å²) in [5.41, 5.74) is 3.89. The standard InChI is InChI=1S/C22H25FN2O2/c1-15-4-3-5-20(16(15)2)24-22(27)18-10-12-25(13-11-18)21(26)14-17-6-8-19(23)9-7-17/h3-9,18H,10-14H2,1-2H3,(H,24,27). The minimum Gasteiger partial charge on any atom is -0.342 e. The number of aryl methyl sites for hydroxylation is 1. The molecule has 1 heterocycles. The van der Waals surface area contributed by atoms with Crippen molar-refractivity contribution < 1.29 is 14.0 Å². The number of amides is 2. The van der Waals surface area contributed by atoms with Crippen molar-refractivity contribution in [2.75, 3.05) is 18.4 Å². The zero-order chi connectivity index (χ0) is 19.4. The molecule has 5 heteroatoms. The summed E-state index contributed by atoms with van der Waals surface area (Å²) in [5, 5.41) is 3.03. The SMILES string of the molecule is Cc1cccc(NC(=O)C2CCN(C(=O)Cc3ccc(F)cc3)CC2)c1C. The second kappa shape index (κ2) is 8.33. The summed E-state index contributed by atoms with van der Waals surface area (Å²) < 4.78 is 13.0. The number of nitrogens with one attached hydrogen (secondary N) is 1. The van der Waals surface area contributed by atoms with Gasteiger partial charge in [0, 0.05) is 24.7 Å². The van der Waals surface area contributed by atoms with Gasteiger partial charge in [0.25, 0.3) is 0 Å². The molecule has 3 rings (SSSR count). The smallest absolute Gasteiger partial charge is 0.227 e. The first-order valence-corrected chi connectivity index (χ1v) is 9.33. The van der Waals surface area contributed by atoms with Crippen LogP contribution in [0.2, 0.25) is 0 Å². The van der Waals surface area contributed by atoms with Crippen LogP contribution < -0.4 is 5.32 Å². The van der Waals surface area contributed by atoms with Crippen LogP contribution in [0.4, 0.5) is 10.1 Å². The quantitative estimate of drug-likeness (QED) is 0.891. The fourth-order valence-electron chi connectivity index (χ4n) is 3.40. The Morgan fingerprint density at radius 2 is 1.74 bits per heavy atom. The van der Waals surface area contributed by atoms with Crippen LogP contribution >= 0.6 is 0 Å². The summed E-state index contributed by atoms with van der Waals surface area (Å²) in [5.74, 6) is -0.342. The molecule has 0 radical (unpaired) electrons. The summed E-state index contributed by atoms with van der Waals surface area (Å²) in [6.45, 7) is 5.17. The third-order valence-corrected chi connectivity index (χ3v) is 5.35. The van der Waals surface area contributed by atoms with Crippen molar-refractivity contribution in [2.24, 2.45) is 5.92 Å². The maximum atomic E-state index is 13.0. The van der Waals surface area contributed by atoms with E-state index < -0.39 is 0 Å². The van der Waals surface area contributed by atoms with Crippen molar-refractivity contribution >= 4 is 17.5 Å². The van der Waals surface area contributed by atoms with Gasteiger partial charge < -0.3 is 10.2 Å². The van der Waals surface area contributed by atoms with Gasteiger partial charge in [-0.1, -0.05) is 24.3 Å². The third-order valence-electron chi connectivity index (χ3n) is 5.35. The van der Waals surface area contributed by atoms with E-state index in [9.17, 15) is 14.0 Å². The second-order valence-electron chi connectivity index (χ2n) is 7.20. The fraction of sp³-hybridized carbons (Fsp3) is 0.364. The zero-order valence-corrected chi connectivity index (χ0v) is 15.8. The van der Waals surface area contributed by atoms with E-state index in [1.54, 1.807) is 17.0 Å². The summed E-state index contributed by atoms with van der Waals surface area (Å²) >= 11 is 0. The molecule has 4 nitrogen and oxygen atoms in total. The Balaban J connectivity index is 1.52. The van der Waals surface area contributed by atoms with Gasteiger partial charge in [0.1, 0.15) is 5.82 Å². The number of piperidine rings is 1. The van der Waals surface area contributed by atoms with Crippen molar-refractivity contribution in [1.82, 2.24) is 4.90 Å². The highest BCUT2D eigenvalue weighted by Gasteiger charge is 2.27. The molecule has 0 unspecified atom stereocenters. The molecule has 1 fully saturated rings. The normalized spacial score (nSPS) is 14.9. The summed E-state index contributed by atoms with van der Waals surface area (Å²) in [6, 6.07) is 11.9. The van der Waals surface area contributed by atoms with Gasteiger partial charge in [-0.3, -0.25) is 9.59 Å². The lowest BCUT2D eigenvalue weighted by atomic mass is 9.95. The van der Waals surface area contributed by atoms with Gasteiger partial charge in [0.15, 0.2) is 0 Å². The first kappa shape index (κ1) is 19.1. The van der Waals surface area contributed by atoms with Crippen LogP contribution in [-0.2, 0) is 16.0 Å². The van der Waals surface area contributed by atoms with Crippen LogP contribution in [0.1, 0.15) is 29.5 Å². The Kier molecular flexibility index (Phi) is 5.89. The Hall–Kier alpha value is -2.69. The predicted molar refractivity (Wildman–Crippen MR) is 104 cm³/mol. The molecule has 0 saturated carbocycles. The summed E-state index contributed by atoms with van der Waals surface area (Å²) in [6.07, 6.45) is 1.58. The first-order chi connectivity index (χ1) is 12.9. The number of carbonyl (C=O) groups is 2. The molecule has 1 saturated heterocycles. The Morgan fingerprint density at radius 3 is 2.41 bits per heavy atom.